The first kappa shape index (κ1) is 11.7. The minimum absolute atomic E-state index is 0.163. The zero-order valence-electron chi connectivity index (χ0n) is 10.8. The first-order valence-electron chi connectivity index (χ1n) is 6.44. The molecule has 98 valence electrons. The first-order valence-corrected chi connectivity index (χ1v) is 6.44. The van der Waals surface area contributed by atoms with Crippen molar-refractivity contribution in [2.75, 3.05) is 18.6 Å². The van der Waals surface area contributed by atoms with Gasteiger partial charge < -0.3 is 14.9 Å². The molecular weight excluding hydrogens is 230 g/mol. The third-order valence-electron chi connectivity index (χ3n) is 3.50. The molecule has 0 atom stereocenters. The van der Waals surface area contributed by atoms with E-state index in [1.54, 1.807) is 6.20 Å². The smallest absolute Gasteiger partial charge is 0.220 e. The Kier molecular flexibility index (Phi) is 2.87. The Labute approximate surface area is 107 Å². The Morgan fingerprint density at radius 2 is 2.17 bits per heavy atom. The van der Waals surface area contributed by atoms with E-state index < -0.39 is 0 Å². The molecule has 0 amide bonds. The number of nitrogens with zero attached hydrogens (tertiary/aromatic N) is 1. The second kappa shape index (κ2) is 4.40. The van der Waals surface area contributed by atoms with Crippen molar-refractivity contribution in [1.82, 2.24) is 10.4 Å². The van der Waals surface area contributed by atoms with Gasteiger partial charge in [0.15, 0.2) is 0 Å². The molecule has 3 rings (SSSR count). The van der Waals surface area contributed by atoms with Crippen molar-refractivity contribution in [2.45, 2.75) is 38.3 Å². The van der Waals surface area contributed by atoms with E-state index in [2.05, 4.69) is 29.7 Å². The molecule has 0 bridgehead atoms. The van der Waals surface area contributed by atoms with Crippen molar-refractivity contribution in [3.05, 3.63) is 17.8 Å². The summed E-state index contributed by atoms with van der Waals surface area (Å²) in [5.74, 6) is 0.738. The van der Waals surface area contributed by atoms with E-state index >= 15 is 0 Å². The summed E-state index contributed by atoms with van der Waals surface area (Å²) < 4.78 is 11.4. The van der Waals surface area contributed by atoms with Crippen LogP contribution in [-0.2, 0) is 10.3 Å². The zero-order chi connectivity index (χ0) is 12.6. The lowest BCUT2D eigenvalue weighted by molar-refractivity contribution is 0.0230. The van der Waals surface area contributed by atoms with E-state index in [0.29, 0.717) is 0 Å². The summed E-state index contributed by atoms with van der Waals surface area (Å²) in [6.07, 6.45) is 3.87. The summed E-state index contributed by atoms with van der Waals surface area (Å²) >= 11 is 0. The lowest BCUT2D eigenvalue weighted by Crippen LogP contribution is -2.34. The van der Waals surface area contributed by atoms with Crippen LogP contribution < -0.4 is 15.6 Å². The maximum absolute atomic E-state index is 6.06. The van der Waals surface area contributed by atoms with Gasteiger partial charge >= 0.3 is 0 Å². The first-order chi connectivity index (χ1) is 8.67. The highest BCUT2D eigenvalue weighted by Gasteiger charge is 2.34. The van der Waals surface area contributed by atoms with Crippen molar-refractivity contribution < 1.29 is 9.47 Å². The van der Waals surface area contributed by atoms with Gasteiger partial charge in [0.05, 0.1) is 30.0 Å². The van der Waals surface area contributed by atoms with E-state index in [0.717, 1.165) is 43.2 Å². The molecule has 1 saturated heterocycles. The molecule has 3 heterocycles. The Hall–Kier alpha value is -1.33. The van der Waals surface area contributed by atoms with Crippen LogP contribution in [0.1, 0.15) is 32.3 Å². The van der Waals surface area contributed by atoms with Crippen LogP contribution in [0.2, 0.25) is 0 Å². The topological polar surface area (TPSA) is 55.4 Å². The molecule has 2 aliphatic heterocycles. The van der Waals surface area contributed by atoms with Crippen LogP contribution in [0.25, 0.3) is 0 Å². The molecule has 1 aromatic heterocycles. The third-order valence-corrected chi connectivity index (χ3v) is 3.50. The number of fused-ring (bicyclic) bond motifs is 1. The van der Waals surface area contributed by atoms with Crippen molar-refractivity contribution in [1.29, 1.82) is 0 Å². The van der Waals surface area contributed by atoms with Gasteiger partial charge in [-0.05, 0) is 19.9 Å². The number of pyridine rings is 1. The van der Waals surface area contributed by atoms with Gasteiger partial charge in [0.25, 0.3) is 0 Å². The van der Waals surface area contributed by atoms with Gasteiger partial charge in [0.2, 0.25) is 5.88 Å². The maximum Gasteiger partial charge on any atom is 0.220 e. The lowest BCUT2D eigenvalue weighted by atomic mass is 9.96. The Balaban J connectivity index is 1.86. The summed E-state index contributed by atoms with van der Waals surface area (Å²) in [4.78, 5) is 4.40. The molecule has 5 heteroatoms. The lowest BCUT2D eigenvalue weighted by Gasteiger charge is -2.26. The van der Waals surface area contributed by atoms with Gasteiger partial charge in [0.1, 0.15) is 6.10 Å². The quantitative estimate of drug-likeness (QED) is 0.837. The summed E-state index contributed by atoms with van der Waals surface area (Å²) in [5.41, 5.74) is 8.42. The number of hydrogen-bond donors (Lipinski definition) is 2. The zero-order valence-corrected chi connectivity index (χ0v) is 10.8. The standard InChI is InChI=1S/C13H19N3O2/c1-13(2)11-10(15-16-13)3-6-14-12(11)18-9-4-7-17-8-5-9/h3,6,9,15-16H,4-5,7-8H2,1-2H3. The Bertz CT molecular complexity index is 442. The SMILES string of the molecule is CC1(C)NNc2ccnc(OC3CCOCC3)c21. The van der Waals surface area contributed by atoms with Gasteiger partial charge in [-0.3, -0.25) is 0 Å². The largest absolute Gasteiger partial charge is 0.474 e. The van der Waals surface area contributed by atoms with Crippen molar-refractivity contribution in [2.24, 2.45) is 0 Å². The molecule has 0 aliphatic carbocycles. The molecule has 1 aromatic rings. The van der Waals surface area contributed by atoms with Crippen LogP contribution in [-0.4, -0.2) is 24.3 Å². The van der Waals surface area contributed by atoms with Crippen LogP contribution >= 0.6 is 0 Å². The number of nitrogens with one attached hydrogen (secondary N) is 2. The van der Waals surface area contributed by atoms with Crippen LogP contribution in [0.4, 0.5) is 5.69 Å². The fourth-order valence-corrected chi connectivity index (χ4v) is 2.48. The van der Waals surface area contributed by atoms with E-state index in [1.165, 1.54) is 0 Å². The van der Waals surface area contributed by atoms with Gasteiger partial charge in [-0.25, -0.2) is 10.4 Å². The van der Waals surface area contributed by atoms with Crippen LogP contribution in [0.3, 0.4) is 0 Å². The second-order valence-electron chi connectivity index (χ2n) is 5.34. The molecule has 0 saturated carbocycles. The normalized spacial score (nSPS) is 22.3. The summed E-state index contributed by atoms with van der Waals surface area (Å²) in [6, 6.07) is 1.97. The summed E-state index contributed by atoms with van der Waals surface area (Å²) in [6.45, 7) is 5.79. The predicted octanol–water partition coefficient (Wildman–Crippen LogP) is 1.80. The van der Waals surface area contributed by atoms with Crippen LogP contribution in [0, 0.1) is 0 Å². The number of ether oxygens (including phenoxy) is 2. The van der Waals surface area contributed by atoms with Crippen LogP contribution in [0.15, 0.2) is 12.3 Å². The average molecular weight is 249 g/mol. The number of rotatable bonds is 2. The number of aromatic nitrogens is 1. The van der Waals surface area contributed by atoms with Crippen molar-refractivity contribution >= 4 is 5.69 Å². The fraction of sp³-hybridized carbons (Fsp3) is 0.615. The highest BCUT2D eigenvalue weighted by atomic mass is 16.5. The Morgan fingerprint density at radius 3 is 2.94 bits per heavy atom. The Morgan fingerprint density at radius 1 is 1.39 bits per heavy atom. The molecule has 5 nitrogen and oxygen atoms in total. The molecule has 2 N–H and O–H groups in total. The molecule has 0 radical (unpaired) electrons. The minimum Gasteiger partial charge on any atom is -0.474 e. The summed E-state index contributed by atoms with van der Waals surface area (Å²) in [7, 11) is 0. The minimum atomic E-state index is -0.163. The highest BCUT2D eigenvalue weighted by molar-refractivity contribution is 5.61. The number of anilines is 1. The maximum atomic E-state index is 6.06. The van der Waals surface area contributed by atoms with E-state index in [-0.39, 0.29) is 11.6 Å². The molecule has 0 aromatic carbocycles. The average Bonchev–Trinajstić information content (AvgIpc) is 2.68. The monoisotopic (exact) mass is 249 g/mol. The highest BCUT2D eigenvalue weighted by Crippen LogP contribution is 2.38. The van der Waals surface area contributed by atoms with Crippen LogP contribution in [0.5, 0.6) is 5.88 Å². The number of hydrazine groups is 1. The molecule has 18 heavy (non-hydrogen) atoms. The second-order valence-corrected chi connectivity index (χ2v) is 5.34. The van der Waals surface area contributed by atoms with E-state index in [9.17, 15) is 0 Å². The number of hydrogen-bond acceptors (Lipinski definition) is 5. The van der Waals surface area contributed by atoms with Gasteiger partial charge in [0, 0.05) is 19.0 Å². The predicted molar refractivity (Wildman–Crippen MR) is 68.5 cm³/mol. The van der Waals surface area contributed by atoms with Crippen molar-refractivity contribution in [3.63, 3.8) is 0 Å². The van der Waals surface area contributed by atoms with Gasteiger partial charge in [-0.1, -0.05) is 0 Å². The van der Waals surface area contributed by atoms with Gasteiger partial charge in [-0.2, -0.15) is 0 Å². The molecule has 2 aliphatic rings. The van der Waals surface area contributed by atoms with E-state index in [4.69, 9.17) is 9.47 Å². The summed E-state index contributed by atoms with van der Waals surface area (Å²) in [5, 5.41) is 0. The molecular formula is C13H19N3O2. The molecule has 1 fully saturated rings. The van der Waals surface area contributed by atoms with Crippen molar-refractivity contribution in [3.8, 4) is 5.88 Å². The molecule has 0 unspecified atom stereocenters. The van der Waals surface area contributed by atoms with E-state index in [1.807, 2.05) is 6.07 Å². The fourth-order valence-electron chi connectivity index (χ4n) is 2.48. The third kappa shape index (κ3) is 2.04. The van der Waals surface area contributed by atoms with Gasteiger partial charge in [-0.15, -0.1) is 0 Å². The molecule has 0 spiro atoms.